The summed E-state index contributed by atoms with van der Waals surface area (Å²) in [7, 11) is 0. The number of benzene rings is 2. The van der Waals surface area contributed by atoms with Crippen molar-refractivity contribution in [3.8, 4) is 6.07 Å². The van der Waals surface area contributed by atoms with E-state index >= 15 is 0 Å². The highest BCUT2D eigenvalue weighted by Gasteiger charge is 2.13. The monoisotopic (exact) mass is 283 g/mol. The molecule has 2 aromatic carbocycles. The average Bonchev–Trinajstić information content (AvgIpc) is 2.52. The first-order valence-electron chi connectivity index (χ1n) is 6.25. The van der Waals surface area contributed by atoms with E-state index in [1.54, 1.807) is 12.1 Å². The van der Waals surface area contributed by atoms with Gasteiger partial charge in [0.25, 0.3) is 5.69 Å². The number of nitrogens with zero attached hydrogens (tertiary/aromatic N) is 2. The maximum atomic E-state index is 11.0. The normalized spacial score (nSPS) is 9.90. The molecule has 0 radical (unpaired) electrons. The summed E-state index contributed by atoms with van der Waals surface area (Å²) in [4.78, 5) is 10.5. The van der Waals surface area contributed by atoms with Crippen molar-refractivity contribution in [2.75, 3.05) is 5.32 Å². The van der Waals surface area contributed by atoms with Gasteiger partial charge in [-0.3, -0.25) is 10.1 Å². The third-order valence-electron chi connectivity index (χ3n) is 3.01. The predicted octanol–water partition coefficient (Wildman–Crippen LogP) is 2.57. The summed E-state index contributed by atoms with van der Waals surface area (Å²) in [6.07, 6.45) is 0. The molecule has 0 aliphatic rings. The number of nitriles is 1. The molecule has 106 valence electrons. The van der Waals surface area contributed by atoms with E-state index in [0.29, 0.717) is 17.8 Å². The summed E-state index contributed by atoms with van der Waals surface area (Å²) in [6.45, 7) is 0.366. The summed E-state index contributed by atoms with van der Waals surface area (Å²) in [5, 5.41) is 31.8. The standard InChI is InChI=1S/C15H13N3O3/c16-8-13-5-6-15(18(20)21)14(7-13)17-9-11-1-3-12(10-19)4-2-11/h1-7,17,19H,9-10H2. The van der Waals surface area contributed by atoms with Crippen molar-refractivity contribution < 1.29 is 10.0 Å². The Labute approximate surface area is 121 Å². The van der Waals surface area contributed by atoms with Crippen LogP contribution in [0.15, 0.2) is 42.5 Å². The molecule has 0 aliphatic carbocycles. The molecule has 0 aromatic heterocycles. The number of nitrogens with one attached hydrogen (secondary N) is 1. The maximum Gasteiger partial charge on any atom is 0.292 e. The maximum absolute atomic E-state index is 11.0. The Hall–Kier alpha value is -2.91. The molecule has 0 saturated heterocycles. The van der Waals surface area contributed by atoms with Gasteiger partial charge in [-0.05, 0) is 23.3 Å². The lowest BCUT2D eigenvalue weighted by Gasteiger charge is -2.08. The van der Waals surface area contributed by atoms with Gasteiger partial charge in [0.05, 0.1) is 23.2 Å². The van der Waals surface area contributed by atoms with Crippen LogP contribution in [-0.4, -0.2) is 10.0 Å². The van der Waals surface area contributed by atoms with Crippen molar-refractivity contribution in [3.63, 3.8) is 0 Å². The minimum atomic E-state index is -0.488. The number of nitro benzene ring substituents is 1. The number of aliphatic hydroxyl groups excluding tert-OH is 1. The van der Waals surface area contributed by atoms with Gasteiger partial charge in [0.2, 0.25) is 0 Å². The number of aliphatic hydroxyl groups is 1. The van der Waals surface area contributed by atoms with Crippen LogP contribution in [0.2, 0.25) is 0 Å². The quantitative estimate of drug-likeness (QED) is 0.649. The molecule has 21 heavy (non-hydrogen) atoms. The molecule has 2 rings (SSSR count). The van der Waals surface area contributed by atoms with Crippen LogP contribution >= 0.6 is 0 Å². The van der Waals surface area contributed by atoms with Crippen LogP contribution in [0.5, 0.6) is 0 Å². The summed E-state index contributed by atoms with van der Waals surface area (Å²) in [5.41, 5.74) is 2.32. The average molecular weight is 283 g/mol. The second-order valence-electron chi connectivity index (χ2n) is 4.43. The Morgan fingerprint density at radius 2 is 1.86 bits per heavy atom. The summed E-state index contributed by atoms with van der Waals surface area (Å²) in [5.74, 6) is 0. The Morgan fingerprint density at radius 1 is 1.19 bits per heavy atom. The van der Waals surface area contributed by atoms with E-state index < -0.39 is 4.92 Å². The lowest BCUT2D eigenvalue weighted by molar-refractivity contribution is -0.384. The number of anilines is 1. The van der Waals surface area contributed by atoms with E-state index in [1.165, 1.54) is 18.2 Å². The van der Waals surface area contributed by atoms with Crippen molar-refractivity contribution in [2.24, 2.45) is 0 Å². The van der Waals surface area contributed by atoms with Crippen molar-refractivity contribution in [3.05, 3.63) is 69.3 Å². The van der Waals surface area contributed by atoms with Gasteiger partial charge in [-0.15, -0.1) is 0 Å². The highest BCUT2D eigenvalue weighted by atomic mass is 16.6. The molecule has 2 N–H and O–H groups in total. The summed E-state index contributed by atoms with van der Waals surface area (Å²) < 4.78 is 0. The Morgan fingerprint density at radius 3 is 2.43 bits per heavy atom. The van der Waals surface area contributed by atoms with Crippen LogP contribution in [0.4, 0.5) is 11.4 Å². The van der Waals surface area contributed by atoms with Crippen LogP contribution in [0.3, 0.4) is 0 Å². The SMILES string of the molecule is N#Cc1ccc([N+](=O)[O-])c(NCc2ccc(CO)cc2)c1. The summed E-state index contributed by atoms with van der Waals surface area (Å²) in [6, 6.07) is 13.4. The zero-order valence-electron chi connectivity index (χ0n) is 11.1. The van der Waals surface area contributed by atoms with E-state index in [-0.39, 0.29) is 12.3 Å². The van der Waals surface area contributed by atoms with Crippen LogP contribution in [0.25, 0.3) is 0 Å². The van der Waals surface area contributed by atoms with Crippen LogP contribution in [-0.2, 0) is 13.2 Å². The van der Waals surface area contributed by atoms with Gasteiger partial charge in [-0.2, -0.15) is 5.26 Å². The number of hydrogen-bond acceptors (Lipinski definition) is 5. The second-order valence-corrected chi connectivity index (χ2v) is 4.43. The zero-order valence-corrected chi connectivity index (χ0v) is 11.1. The van der Waals surface area contributed by atoms with E-state index in [0.717, 1.165) is 11.1 Å². The molecule has 0 fully saturated rings. The van der Waals surface area contributed by atoms with Gasteiger partial charge in [0.15, 0.2) is 0 Å². The third-order valence-corrected chi connectivity index (χ3v) is 3.01. The van der Waals surface area contributed by atoms with Gasteiger partial charge in [0, 0.05) is 12.6 Å². The number of rotatable bonds is 5. The van der Waals surface area contributed by atoms with Gasteiger partial charge in [-0.25, -0.2) is 0 Å². The van der Waals surface area contributed by atoms with Crippen molar-refractivity contribution in [2.45, 2.75) is 13.2 Å². The lowest BCUT2D eigenvalue weighted by atomic mass is 10.1. The van der Waals surface area contributed by atoms with Gasteiger partial charge in [0.1, 0.15) is 5.69 Å². The first-order valence-corrected chi connectivity index (χ1v) is 6.25. The van der Waals surface area contributed by atoms with E-state index in [2.05, 4.69) is 5.32 Å². The molecule has 0 heterocycles. The molecule has 0 spiro atoms. The molecule has 0 bridgehead atoms. The molecule has 0 unspecified atom stereocenters. The highest BCUT2D eigenvalue weighted by Crippen LogP contribution is 2.25. The van der Waals surface area contributed by atoms with E-state index in [4.69, 9.17) is 10.4 Å². The zero-order chi connectivity index (χ0) is 15.2. The van der Waals surface area contributed by atoms with Gasteiger partial charge in [-0.1, -0.05) is 24.3 Å². The van der Waals surface area contributed by atoms with Crippen LogP contribution in [0.1, 0.15) is 16.7 Å². The Bertz CT molecular complexity index is 690. The fourth-order valence-corrected chi connectivity index (χ4v) is 1.87. The van der Waals surface area contributed by atoms with Crippen molar-refractivity contribution >= 4 is 11.4 Å². The van der Waals surface area contributed by atoms with E-state index in [9.17, 15) is 10.1 Å². The van der Waals surface area contributed by atoms with Crippen LogP contribution in [0, 0.1) is 21.4 Å². The second kappa shape index (κ2) is 6.50. The molecule has 6 nitrogen and oxygen atoms in total. The topological polar surface area (TPSA) is 99.2 Å². The molecular weight excluding hydrogens is 270 g/mol. The molecular formula is C15H13N3O3. The minimum Gasteiger partial charge on any atom is -0.392 e. The Kier molecular flexibility index (Phi) is 4.49. The largest absolute Gasteiger partial charge is 0.392 e. The predicted molar refractivity (Wildman–Crippen MR) is 77.5 cm³/mol. The smallest absolute Gasteiger partial charge is 0.292 e. The summed E-state index contributed by atoms with van der Waals surface area (Å²) >= 11 is 0. The van der Waals surface area contributed by atoms with E-state index in [1.807, 2.05) is 18.2 Å². The fourth-order valence-electron chi connectivity index (χ4n) is 1.87. The molecule has 6 heteroatoms. The van der Waals surface area contributed by atoms with Gasteiger partial charge >= 0.3 is 0 Å². The molecule has 0 atom stereocenters. The van der Waals surface area contributed by atoms with Crippen LogP contribution < -0.4 is 5.32 Å². The third kappa shape index (κ3) is 3.55. The van der Waals surface area contributed by atoms with Crippen molar-refractivity contribution in [1.82, 2.24) is 0 Å². The Balaban J connectivity index is 2.18. The molecule has 0 saturated carbocycles. The fraction of sp³-hybridized carbons (Fsp3) is 0.133. The number of nitro groups is 1. The first kappa shape index (κ1) is 14.5. The molecule has 2 aromatic rings. The molecule has 0 aliphatic heterocycles. The van der Waals surface area contributed by atoms with Crippen molar-refractivity contribution in [1.29, 1.82) is 5.26 Å². The molecule has 0 amide bonds. The first-order chi connectivity index (χ1) is 10.1. The number of hydrogen-bond donors (Lipinski definition) is 2. The lowest BCUT2D eigenvalue weighted by Crippen LogP contribution is -2.03. The highest BCUT2D eigenvalue weighted by molar-refractivity contribution is 5.64. The minimum absolute atomic E-state index is 0.0244. The van der Waals surface area contributed by atoms with Gasteiger partial charge < -0.3 is 10.4 Å².